The highest BCUT2D eigenvalue weighted by molar-refractivity contribution is 6.04. The first kappa shape index (κ1) is 38.5. The van der Waals surface area contributed by atoms with E-state index >= 15 is 0 Å². The molecule has 0 spiro atoms. The fourth-order valence-corrected chi connectivity index (χ4v) is 8.20. The standard InChI is InChI=1S/C45H56N6O4/c1-4-20-50(43(52)26-32-16-22-54-23-17-32)30-42-46-29-41(48-42)39-15-14-36(37-8-6-7-9-38(37)39)34-10-12-35(13-11-34)40-28-47-45(49-40)31(3)51(21-5-2)44(53)27-33-18-24-55-25-19-33/h6-15,28-29,31-33H,4-5,16-27,30H2,1-3H3,(H,46,48)(H,47,49). The van der Waals surface area contributed by atoms with Gasteiger partial charge in [0.05, 0.1) is 36.4 Å². The fraction of sp³-hybridized carbons (Fsp3) is 0.467. The Labute approximate surface area is 325 Å². The minimum absolute atomic E-state index is 0.143. The van der Waals surface area contributed by atoms with Crippen LogP contribution in [-0.2, 0) is 25.6 Å². The van der Waals surface area contributed by atoms with Crippen molar-refractivity contribution < 1.29 is 19.1 Å². The van der Waals surface area contributed by atoms with Crippen LogP contribution < -0.4 is 0 Å². The topological polar surface area (TPSA) is 116 Å². The molecule has 4 heterocycles. The van der Waals surface area contributed by atoms with Gasteiger partial charge in [0, 0.05) is 57.9 Å². The number of H-pyrrole nitrogens is 2. The quantitative estimate of drug-likeness (QED) is 0.111. The van der Waals surface area contributed by atoms with Crippen LogP contribution in [-0.4, -0.2) is 81.1 Å². The number of amides is 2. The smallest absolute Gasteiger partial charge is 0.223 e. The molecule has 7 rings (SSSR count). The van der Waals surface area contributed by atoms with Gasteiger partial charge in [0.1, 0.15) is 11.6 Å². The molecule has 5 aromatic rings. The van der Waals surface area contributed by atoms with Crippen molar-refractivity contribution in [3.8, 4) is 33.6 Å². The van der Waals surface area contributed by atoms with Crippen molar-refractivity contribution in [2.45, 2.75) is 84.7 Å². The van der Waals surface area contributed by atoms with E-state index in [1.807, 2.05) is 22.2 Å². The lowest BCUT2D eigenvalue weighted by Gasteiger charge is -2.30. The zero-order valence-corrected chi connectivity index (χ0v) is 32.7. The van der Waals surface area contributed by atoms with Crippen LogP contribution in [0.25, 0.3) is 44.4 Å². The van der Waals surface area contributed by atoms with Crippen molar-refractivity contribution in [3.63, 3.8) is 0 Å². The van der Waals surface area contributed by atoms with Gasteiger partial charge in [-0.1, -0.05) is 74.5 Å². The van der Waals surface area contributed by atoms with Crippen LogP contribution in [0, 0.1) is 11.8 Å². The van der Waals surface area contributed by atoms with Gasteiger partial charge in [-0.3, -0.25) is 9.59 Å². The number of hydrogen-bond donors (Lipinski definition) is 2. The van der Waals surface area contributed by atoms with Gasteiger partial charge in [-0.2, -0.15) is 0 Å². The Hall–Kier alpha value is -4.80. The number of nitrogens with zero attached hydrogens (tertiary/aromatic N) is 4. The molecule has 1 atom stereocenters. The molecule has 2 N–H and O–H groups in total. The summed E-state index contributed by atoms with van der Waals surface area (Å²) < 4.78 is 11.0. The molecule has 2 aliphatic rings. The number of hydrogen-bond acceptors (Lipinski definition) is 6. The van der Waals surface area contributed by atoms with Crippen LogP contribution in [0.2, 0.25) is 0 Å². The summed E-state index contributed by atoms with van der Waals surface area (Å²) in [7, 11) is 0. The van der Waals surface area contributed by atoms with Crippen molar-refractivity contribution >= 4 is 22.6 Å². The van der Waals surface area contributed by atoms with E-state index in [4.69, 9.17) is 19.4 Å². The third-order valence-corrected chi connectivity index (χ3v) is 11.4. The van der Waals surface area contributed by atoms with E-state index in [9.17, 15) is 9.59 Å². The third-order valence-electron chi connectivity index (χ3n) is 11.4. The highest BCUT2D eigenvalue weighted by Gasteiger charge is 2.27. The lowest BCUT2D eigenvalue weighted by Crippen LogP contribution is -2.36. The Morgan fingerprint density at radius 1 is 0.709 bits per heavy atom. The van der Waals surface area contributed by atoms with E-state index in [0.29, 0.717) is 44.3 Å². The van der Waals surface area contributed by atoms with Gasteiger partial charge in [0.25, 0.3) is 0 Å². The van der Waals surface area contributed by atoms with E-state index in [0.717, 1.165) is 121 Å². The Bertz CT molecular complexity index is 2020. The van der Waals surface area contributed by atoms with Crippen LogP contribution in [0.15, 0.2) is 73.1 Å². The van der Waals surface area contributed by atoms with E-state index in [-0.39, 0.29) is 17.9 Å². The van der Waals surface area contributed by atoms with E-state index in [2.05, 4.69) is 91.4 Å². The molecule has 0 radical (unpaired) electrons. The molecule has 2 aromatic heterocycles. The van der Waals surface area contributed by atoms with E-state index in [1.54, 1.807) is 0 Å². The molecule has 1 unspecified atom stereocenters. The van der Waals surface area contributed by atoms with Crippen LogP contribution in [0.1, 0.15) is 89.8 Å². The first-order valence-corrected chi connectivity index (χ1v) is 20.4. The number of benzene rings is 3. The summed E-state index contributed by atoms with van der Waals surface area (Å²) >= 11 is 0. The number of imidazole rings is 2. The monoisotopic (exact) mass is 744 g/mol. The number of aromatic nitrogens is 4. The van der Waals surface area contributed by atoms with Gasteiger partial charge in [-0.25, -0.2) is 9.97 Å². The Morgan fingerprint density at radius 3 is 1.95 bits per heavy atom. The second kappa shape index (κ2) is 18.2. The molecule has 0 saturated carbocycles. The van der Waals surface area contributed by atoms with Gasteiger partial charge in [-0.05, 0) is 84.7 Å². The molecule has 3 aromatic carbocycles. The van der Waals surface area contributed by atoms with E-state index in [1.165, 1.54) is 0 Å². The molecule has 10 nitrogen and oxygen atoms in total. The first-order valence-electron chi connectivity index (χ1n) is 20.4. The van der Waals surface area contributed by atoms with Crippen molar-refractivity contribution in [2.24, 2.45) is 11.8 Å². The minimum Gasteiger partial charge on any atom is -0.381 e. The number of carbonyl (C=O) groups is 2. The maximum Gasteiger partial charge on any atom is 0.223 e. The third kappa shape index (κ3) is 9.19. The summed E-state index contributed by atoms with van der Waals surface area (Å²) in [5.74, 6) is 2.78. The molecule has 10 heteroatoms. The van der Waals surface area contributed by atoms with E-state index < -0.39 is 0 Å². The van der Waals surface area contributed by atoms with Crippen molar-refractivity contribution in [1.29, 1.82) is 0 Å². The number of fused-ring (bicyclic) bond motifs is 1. The van der Waals surface area contributed by atoms with Gasteiger partial charge >= 0.3 is 0 Å². The number of rotatable bonds is 15. The van der Waals surface area contributed by atoms with Crippen LogP contribution in [0.4, 0.5) is 0 Å². The molecule has 2 amide bonds. The molecule has 0 bridgehead atoms. The number of nitrogens with one attached hydrogen (secondary N) is 2. The summed E-state index contributed by atoms with van der Waals surface area (Å²) in [6.07, 6.45) is 10.5. The summed E-state index contributed by atoms with van der Waals surface area (Å²) in [5, 5.41) is 2.29. The zero-order valence-electron chi connectivity index (χ0n) is 32.7. The van der Waals surface area contributed by atoms with Gasteiger partial charge < -0.3 is 29.2 Å². The predicted octanol–water partition coefficient (Wildman–Crippen LogP) is 8.96. The Kier molecular flexibility index (Phi) is 12.7. The molecular weight excluding hydrogens is 689 g/mol. The van der Waals surface area contributed by atoms with Crippen molar-refractivity contribution in [3.05, 3.63) is 84.7 Å². The van der Waals surface area contributed by atoms with Gasteiger partial charge in [0.2, 0.25) is 11.8 Å². The number of carbonyl (C=O) groups excluding carboxylic acids is 2. The average molecular weight is 745 g/mol. The van der Waals surface area contributed by atoms with Crippen molar-refractivity contribution in [1.82, 2.24) is 29.7 Å². The molecule has 290 valence electrons. The molecule has 2 fully saturated rings. The summed E-state index contributed by atoms with van der Waals surface area (Å²) in [5.41, 5.74) is 6.26. The number of ether oxygens (including phenoxy) is 2. The molecule has 2 saturated heterocycles. The highest BCUT2D eigenvalue weighted by atomic mass is 16.5. The second-order valence-corrected chi connectivity index (χ2v) is 15.3. The molecular formula is C45H56N6O4. The average Bonchev–Trinajstić information content (AvgIpc) is 3.91. The predicted molar refractivity (Wildman–Crippen MR) is 217 cm³/mol. The van der Waals surface area contributed by atoms with Crippen LogP contribution in [0.3, 0.4) is 0 Å². The van der Waals surface area contributed by atoms with Gasteiger partial charge in [0.15, 0.2) is 0 Å². The summed E-state index contributed by atoms with van der Waals surface area (Å²) in [4.78, 5) is 47.2. The fourth-order valence-electron chi connectivity index (χ4n) is 8.20. The first-order chi connectivity index (χ1) is 26.9. The summed E-state index contributed by atoms with van der Waals surface area (Å²) in [6.45, 7) is 11.2. The van der Waals surface area contributed by atoms with Crippen molar-refractivity contribution in [2.75, 3.05) is 39.5 Å². The van der Waals surface area contributed by atoms with Gasteiger partial charge in [-0.15, -0.1) is 0 Å². The molecule has 2 aliphatic heterocycles. The minimum atomic E-state index is -0.143. The summed E-state index contributed by atoms with van der Waals surface area (Å²) in [6, 6.07) is 21.3. The second-order valence-electron chi connectivity index (χ2n) is 15.3. The molecule has 0 aliphatic carbocycles. The maximum atomic E-state index is 13.4. The SMILES string of the molecule is CCCN(Cc1ncc(-c2ccc(-c3ccc(-c4cnc(C(C)N(CCC)C(=O)CC5CCOCC5)[nH]4)cc3)c3ccccc23)[nH]1)C(=O)CC1CCOCC1. The Balaban J connectivity index is 1.05. The Morgan fingerprint density at radius 2 is 1.29 bits per heavy atom. The number of aromatic amines is 2. The lowest BCUT2D eigenvalue weighted by atomic mass is 9.93. The van der Waals surface area contributed by atoms with Crippen LogP contribution >= 0.6 is 0 Å². The normalized spacial score (nSPS) is 16.0. The molecule has 55 heavy (non-hydrogen) atoms. The van der Waals surface area contributed by atoms with Crippen LogP contribution in [0.5, 0.6) is 0 Å². The maximum absolute atomic E-state index is 13.4. The highest BCUT2D eigenvalue weighted by Crippen LogP contribution is 2.36. The lowest BCUT2D eigenvalue weighted by molar-refractivity contribution is -0.135. The zero-order chi connectivity index (χ0) is 38.1. The largest absolute Gasteiger partial charge is 0.381 e.